The Morgan fingerprint density at radius 3 is 1.46 bits per heavy atom. The smallest absolute Gasteiger partial charge is 0.246 e. The minimum absolute atomic E-state index is 0.162. The van der Waals surface area contributed by atoms with Crippen LogP contribution in [-0.4, -0.2) is 13.4 Å². The number of rotatable bonds is 0. The van der Waals surface area contributed by atoms with Crippen LogP contribution in [0.15, 0.2) is 109 Å². The van der Waals surface area contributed by atoms with Crippen molar-refractivity contribution in [2.75, 3.05) is 0 Å². The third kappa shape index (κ3) is 2.79. The van der Waals surface area contributed by atoms with Crippen LogP contribution in [0.5, 0.6) is 11.5 Å². The molecular weight excluding hydrogens is 422 g/mol. The van der Waals surface area contributed by atoms with E-state index in [0.29, 0.717) is 0 Å². The molecule has 2 bridgehead atoms. The van der Waals surface area contributed by atoms with Gasteiger partial charge < -0.3 is 4.74 Å². The molecule has 0 spiro atoms. The van der Waals surface area contributed by atoms with Gasteiger partial charge in [-0.05, 0) is 58.2 Å². The van der Waals surface area contributed by atoms with Gasteiger partial charge in [0, 0.05) is 0 Å². The average molecular weight is 444 g/mol. The molecule has 0 unspecified atom stereocenters. The van der Waals surface area contributed by atoms with Crippen molar-refractivity contribution in [3.63, 3.8) is 0 Å². The van der Waals surface area contributed by atoms with Crippen LogP contribution in [0.3, 0.4) is 0 Å². The topological polar surface area (TPSA) is 9.23 Å². The SMILES string of the molecule is c1cc2cc(c1)B1c3ccccc3Cc3cccc(c31)Oc1cccc3c1B2c1ccccc1C3. The summed E-state index contributed by atoms with van der Waals surface area (Å²) < 4.78 is 6.93. The van der Waals surface area contributed by atoms with Crippen molar-refractivity contribution in [2.24, 2.45) is 0 Å². The standard InChI is InChI=1S/C32H22B2O/c1-3-14-27-21(8-1)18-23-10-5-16-29-31(23)33(27)25-12-7-13-26(20-25)34-28-15-4-2-9-22(28)19-24-11-6-17-30(35-29)32(24)34/h1-17,20H,18-19H2. The summed E-state index contributed by atoms with van der Waals surface area (Å²) in [5.74, 6) is 1.97. The van der Waals surface area contributed by atoms with Crippen molar-refractivity contribution < 1.29 is 4.74 Å². The lowest BCUT2D eigenvalue weighted by Crippen LogP contribution is -2.61. The van der Waals surface area contributed by atoms with Crippen molar-refractivity contribution in [1.82, 2.24) is 0 Å². The van der Waals surface area contributed by atoms with E-state index in [1.165, 1.54) is 55.0 Å². The molecule has 3 heterocycles. The molecule has 0 amide bonds. The maximum atomic E-state index is 6.93. The molecule has 0 saturated heterocycles. The first-order valence-electron chi connectivity index (χ1n) is 12.5. The summed E-state index contributed by atoms with van der Waals surface area (Å²) in [5.41, 5.74) is 13.7. The molecule has 0 aliphatic carbocycles. The fourth-order valence-electron chi connectivity index (χ4n) is 6.72. The van der Waals surface area contributed by atoms with Gasteiger partial charge >= 0.3 is 0 Å². The zero-order valence-electron chi connectivity index (χ0n) is 19.4. The Balaban J connectivity index is 1.48. The van der Waals surface area contributed by atoms with Crippen LogP contribution in [0.25, 0.3) is 0 Å². The van der Waals surface area contributed by atoms with Gasteiger partial charge in [0.05, 0.1) is 0 Å². The fourth-order valence-corrected chi connectivity index (χ4v) is 6.72. The molecule has 3 aliphatic rings. The number of fused-ring (bicyclic) bond motifs is 8. The number of hydrogen-bond acceptors (Lipinski definition) is 1. The van der Waals surface area contributed by atoms with E-state index < -0.39 is 0 Å². The van der Waals surface area contributed by atoms with E-state index in [9.17, 15) is 0 Å². The summed E-state index contributed by atoms with van der Waals surface area (Å²) in [4.78, 5) is 0. The summed E-state index contributed by atoms with van der Waals surface area (Å²) >= 11 is 0. The van der Waals surface area contributed by atoms with E-state index in [1.807, 2.05) is 0 Å². The molecule has 5 aromatic carbocycles. The van der Waals surface area contributed by atoms with Crippen molar-refractivity contribution >= 4 is 46.2 Å². The van der Waals surface area contributed by atoms with Gasteiger partial charge in [0.25, 0.3) is 0 Å². The Morgan fingerprint density at radius 2 is 0.914 bits per heavy atom. The Hall–Kier alpha value is -3.97. The van der Waals surface area contributed by atoms with E-state index in [0.717, 1.165) is 24.3 Å². The van der Waals surface area contributed by atoms with Crippen LogP contribution in [-0.2, 0) is 12.8 Å². The Bertz CT molecular complexity index is 1540. The first-order valence-corrected chi connectivity index (χ1v) is 12.5. The summed E-state index contributed by atoms with van der Waals surface area (Å²) in [6.07, 6.45) is 1.89. The second-order valence-corrected chi connectivity index (χ2v) is 10.0. The first-order chi connectivity index (χ1) is 17.3. The molecule has 162 valence electrons. The fraction of sp³-hybridized carbons (Fsp3) is 0.0625. The molecule has 0 radical (unpaired) electrons. The zero-order valence-corrected chi connectivity index (χ0v) is 19.4. The van der Waals surface area contributed by atoms with Crippen LogP contribution < -0.4 is 37.5 Å². The third-order valence-corrected chi connectivity index (χ3v) is 8.18. The molecule has 0 fully saturated rings. The lowest BCUT2D eigenvalue weighted by molar-refractivity contribution is 0.489. The second-order valence-electron chi connectivity index (χ2n) is 10.0. The summed E-state index contributed by atoms with van der Waals surface area (Å²) in [6.45, 7) is 0.323. The lowest BCUT2D eigenvalue weighted by Gasteiger charge is -2.33. The van der Waals surface area contributed by atoms with Crippen LogP contribution in [0.1, 0.15) is 22.3 Å². The molecule has 0 saturated carbocycles. The predicted molar refractivity (Wildman–Crippen MR) is 147 cm³/mol. The molecule has 35 heavy (non-hydrogen) atoms. The van der Waals surface area contributed by atoms with Gasteiger partial charge in [0.2, 0.25) is 13.4 Å². The summed E-state index contributed by atoms with van der Waals surface area (Å²) in [5, 5.41) is 0. The Labute approximate surface area is 206 Å². The minimum Gasteiger partial charge on any atom is -0.458 e. The maximum Gasteiger partial charge on any atom is 0.246 e. The average Bonchev–Trinajstić information content (AvgIpc) is 2.90. The monoisotopic (exact) mass is 444 g/mol. The Kier molecular flexibility index (Phi) is 4.01. The predicted octanol–water partition coefficient (Wildman–Crippen LogP) is 2.63. The van der Waals surface area contributed by atoms with E-state index in [1.54, 1.807) is 0 Å². The molecule has 5 aromatic rings. The van der Waals surface area contributed by atoms with E-state index >= 15 is 0 Å². The van der Waals surface area contributed by atoms with Crippen LogP contribution in [0.2, 0.25) is 0 Å². The first kappa shape index (κ1) is 19.3. The van der Waals surface area contributed by atoms with E-state index in [4.69, 9.17) is 4.74 Å². The molecule has 0 N–H and O–H groups in total. The van der Waals surface area contributed by atoms with Crippen molar-refractivity contribution in [3.8, 4) is 11.5 Å². The van der Waals surface area contributed by atoms with Gasteiger partial charge in [0.15, 0.2) is 0 Å². The van der Waals surface area contributed by atoms with Gasteiger partial charge in [-0.3, -0.25) is 0 Å². The summed E-state index contributed by atoms with van der Waals surface area (Å²) in [6, 6.07) is 40.4. The van der Waals surface area contributed by atoms with Gasteiger partial charge in [-0.1, -0.05) is 119 Å². The molecule has 0 atom stereocenters. The molecule has 3 aliphatic heterocycles. The molecule has 1 nitrogen and oxygen atoms in total. The highest BCUT2D eigenvalue weighted by atomic mass is 16.5. The number of hydrogen-bond donors (Lipinski definition) is 0. The minimum atomic E-state index is 0.162. The lowest BCUT2D eigenvalue weighted by atomic mass is 9.30. The van der Waals surface area contributed by atoms with Crippen LogP contribution in [0.4, 0.5) is 0 Å². The second kappa shape index (κ2) is 7.26. The highest BCUT2D eigenvalue weighted by Crippen LogP contribution is 2.28. The Morgan fingerprint density at radius 1 is 0.457 bits per heavy atom. The number of ether oxygens (including phenoxy) is 1. The zero-order chi connectivity index (χ0) is 22.9. The number of benzene rings is 5. The van der Waals surface area contributed by atoms with Gasteiger partial charge in [-0.25, -0.2) is 0 Å². The van der Waals surface area contributed by atoms with Crippen LogP contribution in [0, 0.1) is 0 Å². The van der Waals surface area contributed by atoms with Crippen LogP contribution >= 0.6 is 0 Å². The largest absolute Gasteiger partial charge is 0.458 e. The van der Waals surface area contributed by atoms with Crippen molar-refractivity contribution in [1.29, 1.82) is 0 Å². The highest BCUT2D eigenvalue weighted by Gasteiger charge is 2.38. The quantitative estimate of drug-likeness (QED) is 0.327. The molecular formula is C32H22B2O. The van der Waals surface area contributed by atoms with E-state index in [2.05, 4.69) is 109 Å². The van der Waals surface area contributed by atoms with Crippen molar-refractivity contribution in [3.05, 3.63) is 131 Å². The van der Waals surface area contributed by atoms with Gasteiger partial charge in [-0.2, -0.15) is 0 Å². The van der Waals surface area contributed by atoms with Gasteiger partial charge in [-0.15, -0.1) is 0 Å². The normalized spacial score (nSPS) is 14.2. The molecule has 3 heteroatoms. The van der Waals surface area contributed by atoms with Gasteiger partial charge in [0.1, 0.15) is 11.5 Å². The maximum absolute atomic E-state index is 6.93. The highest BCUT2D eigenvalue weighted by molar-refractivity contribution is 6.99. The molecule has 8 rings (SSSR count). The summed E-state index contributed by atoms with van der Waals surface area (Å²) in [7, 11) is 0. The van der Waals surface area contributed by atoms with Crippen molar-refractivity contribution in [2.45, 2.75) is 12.8 Å². The molecule has 0 aromatic heterocycles. The van der Waals surface area contributed by atoms with E-state index in [-0.39, 0.29) is 13.4 Å². The third-order valence-electron chi connectivity index (χ3n) is 8.18.